The number of carbonyl (C=O) groups excluding carboxylic acids is 3. The first-order chi connectivity index (χ1) is 16.2. The summed E-state index contributed by atoms with van der Waals surface area (Å²) >= 11 is 0. The van der Waals surface area contributed by atoms with Gasteiger partial charge in [0.1, 0.15) is 0 Å². The van der Waals surface area contributed by atoms with Gasteiger partial charge in [0.25, 0.3) is 17.7 Å². The van der Waals surface area contributed by atoms with Crippen LogP contribution < -0.4 is 16.5 Å². The van der Waals surface area contributed by atoms with E-state index in [1.54, 1.807) is 24.3 Å². The summed E-state index contributed by atoms with van der Waals surface area (Å²) in [5.74, 6) is 9.37. The van der Waals surface area contributed by atoms with Gasteiger partial charge in [0.15, 0.2) is 11.8 Å². The van der Waals surface area contributed by atoms with Crippen molar-refractivity contribution in [1.82, 2.24) is 15.7 Å². The highest BCUT2D eigenvalue weighted by Gasteiger charge is 2.47. The first-order valence-corrected chi connectivity index (χ1v) is 11.2. The van der Waals surface area contributed by atoms with Gasteiger partial charge in [-0.05, 0) is 68.7 Å². The quantitative estimate of drug-likeness (QED) is 0.322. The average Bonchev–Trinajstić information content (AvgIpc) is 3.61. The van der Waals surface area contributed by atoms with Crippen LogP contribution in [0.2, 0.25) is 0 Å². The van der Waals surface area contributed by atoms with Crippen LogP contribution in [-0.2, 0) is 19.2 Å². The minimum Gasteiger partial charge on any atom is -0.357 e. The average molecular weight is 467 g/mol. The highest BCUT2D eigenvalue weighted by atomic mass is 16.8. The molecule has 0 radical (unpaired) electrons. The number of amides is 3. The molecule has 9 heteroatoms. The summed E-state index contributed by atoms with van der Waals surface area (Å²) < 4.78 is 5.43. The molecule has 2 aliphatic rings. The van der Waals surface area contributed by atoms with Crippen LogP contribution in [-0.4, -0.2) is 60.7 Å². The molecule has 4 N–H and O–H groups in total. The molecule has 1 unspecified atom stereocenters. The second kappa shape index (κ2) is 10.7. The molecule has 3 rings (SSSR count). The fourth-order valence-corrected chi connectivity index (χ4v) is 3.29. The number of rotatable bonds is 6. The van der Waals surface area contributed by atoms with Gasteiger partial charge >= 0.3 is 0 Å². The van der Waals surface area contributed by atoms with Crippen LogP contribution in [0.3, 0.4) is 0 Å². The Labute approximate surface area is 199 Å². The third-order valence-corrected chi connectivity index (χ3v) is 6.01. The van der Waals surface area contributed by atoms with Crippen LogP contribution in [0.25, 0.3) is 0 Å². The lowest BCUT2D eigenvalue weighted by Crippen LogP contribution is -2.65. The largest absolute Gasteiger partial charge is 0.357 e. The lowest BCUT2D eigenvalue weighted by molar-refractivity contribution is -0.204. The van der Waals surface area contributed by atoms with Crippen molar-refractivity contribution in [3.05, 3.63) is 35.4 Å². The number of ether oxygens (including phenoxy) is 1. The number of nitrogens with zero attached hydrogens (tertiary/aromatic N) is 1. The zero-order valence-corrected chi connectivity index (χ0v) is 19.7. The molecular formula is C25H30N4O5. The van der Waals surface area contributed by atoms with Crippen molar-refractivity contribution in [2.45, 2.75) is 56.4 Å². The predicted octanol–water partition coefficient (Wildman–Crippen LogP) is 0.684. The Morgan fingerprint density at radius 1 is 1.18 bits per heavy atom. The highest BCUT2D eigenvalue weighted by Crippen LogP contribution is 2.30. The second-order valence-electron chi connectivity index (χ2n) is 8.59. The summed E-state index contributed by atoms with van der Waals surface area (Å²) in [6, 6.07) is 6.50. The zero-order valence-electron chi connectivity index (χ0n) is 19.7. The molecule has 2 atom stereocenters. The van der Waals surface area contributed by atoms with Gasteiger partial charge in [-0.25, -0.2) is 10.3 Å². The molecule has 34 heavy (non-hydrogen) atoms. The highest BCUT2D eigenvalue weighted by molar-refractivity contribution is 6.12. The van der Waals surface area contributed by atoms with Gasteiger partial charge in [0, 0.05) is 38.2 Å². The fraction of sp³-hybridized carbons (Fsp3) is 0.480. The van der Waals surface area contributed by atoms with E-state index in [4.69, 9.17) is 15.3 Å². The fourth-order valence-electron chi connectivity index (χ4n) is 3.29. The van der Waals surface area contributed by atoms with E-state index in [0.717, 1.165) is 30.6 Å². The Bertz CT molecular complexity index is 1050. The van der Waals surface area contributed by atoms with Crippen LogP contribution in [0.15, 0.2) is 24.3 Å². The van der Waals surface area contributed by atoms with Gasteiger partial charge in [-0.2, -0.15) is 0 Å². The Kier molecular flexibility index (Phi) is 7.95. The SMILES string of the molecule is CNC(=O)[C@@](C)(C(=O)NOC1CCCCO1)N(C)C(=O)c1ccc(C#CC#CC2(N)CC2)cc1. The molecule has 1 heterocycles. The molecule has 0 spiro atoms. The summed E-state index contributed by atoms with van der Waals surface area (Å²) in [5.41, 5.74) is 6.90. The van der Waals surface area contributed by atoms with Crippen LogP contribution in [0.1, 0.15) is 54.9 Å². The predicted molar refractivity (Wildman–Crippen MR) is 125 cm³/mol. The van der Waals surface area contributed by atoms with Gasteiger partial charge in [-0.15, -0.1) is 0 Å². The van der Waals surface area contributed by atoms with Crippen LogP contribution in [0, 0.1) is 23.7 Å². The van der Waals surface area contributed by atoms with E-state index in [-0.39, 0.29) is 11.1 Å². The molecule has 1 aliphatic carbocycles. The number of hydrogen-bond acceptors (Lipinski definition) is 6. The summed E-state index contributed by atoms with van der Waals surface area (Å²) in [5, 5.41) is 2.44. The number of hydroxylamine groups is 1. The summed E-state index contributed by atoms with van der Waals surface area (Å²) in [6.45, 7) is 1.89. The minimum absolute atomic E-state index is 0.289. The number of carbonyl (C=O) groups is 3. The van der Waals surface area contributed by atoms with E-state index in [1.807, 2.05) is 0 Å². The van der Waals surface area contributed by atoms with Crippen LogP contribution in [0.5, 0.6) is 0 Å². The van der Waals surface area contributed by atoms with Crippen molar-refractivity contribution in [1.29, 1.82) is 0 Å². The van der Waals surface area contributed by atoms with Crippen molar-refractivity contribution in [3.8, 4) is 23.7 Å². The van der Waals surface area contributed by atoms with E-state index in [0.29, 0.717) is 18.6 Å². The van der Waals surface area contributed by atoms with Gasteiger partial charge in [-0.1, -0.05) is 11.8 Å². The van der Waals surface area contributed by atoms with Gasteiger partial charge in [-0.3, -0.25) is 14.4 Å². The van der Waals surface area contributed by atoms with Crippen LogP contribution >= 0.6 is 0 Å². The van der Waals surface area contributed by atoms with Crippen molar-refractivity contribution in [2.75, 3.05) is 20.7 Å². The Hall–Kier alpha value is -3.37. The number of nitrogens with one attached hydrogen (secondary N) is 2. The van der Waals surface area contributed by atoms with E-state index in [9.17, 15) is 14.4 Å². The van der Waals surface area contributed by atoms with Crippen molar-refractivity contribution < 1.29 is 24.0 Å². The molecule has 0 aromatic heterocycles. The lowest BCUT2D eigenvalue weighted by atomic mass is 9.96. The van der Waals surface area contributed by atoms with Gasteiger partial charge < -0.3 is 20.7 Å². The first-order valence-electron chi connectivity index (χ1n) is 11.2. The van der Waals surface area contributed by atoms with E-state index in [1.165, 1.54) is 21.0 Å². The molecule has 2 fully saturated rings. The van der Waals surface area contributed by atoms with E-state index >= 15 is 0 Å². The molecule has 1 saturated carbocycles. The minimum atomic E-state index is -1.87. The van der Waals surface area contributed by atoms with E-state index in [2.05, 4.69) is 34.5 Å². The lowest BCUT2D eigenvalue weighted by Gasteiger charge is -2.36. The van der Waals surface area contributed by atoms with Crippen molar-refractivity contribution in [2.24, 2.45) is 5.73 Å². The molecule has 180 valence electrons. The summed E-state index contributed by atoms with van der Waals surface area (Å²) in [7, 11) is 2.78. The molecule has 3 amide bonds. The third kappa shape index (κ3) is 5.95. The second-order valence-corrected chi connectivity index (χ2v) is 8.59. The normalized spacial score (nSPS) is 19.7. The number of hydrogen-bond donors (Lipinski definition) is 3. The smallest absolute Gasteiger partial charge is 0.279 e. The van der Waals surface area contributed by atoms with E-state index < -0.39 is 29.6 Å². The monoisotopic (exact) mass is 466 g/mol. The topological polar surface area (TPSA) is 123 Å². The first kappa shape index (κ1) is 25.3. The standard InChI is InChI=1S/C25H30N4O5/c1-24(22(31)27-2,23(32)28-34-20-9-5-7-17-33-20)29(3)21(30)19-12-10-18(11-13-19)8-4-6-14-25(26)15-16-25/h10-13,20H,5,7,9,15-17,26H2,1-3H3,(H,27,31)(H,28,32)/t20?,24-/m0/s1. The molecule has 1 aliphatic heterocycles. The Morgan fingerprint density at radius 2 is 1.88 bits per heavy atom. The molecule has 9 nitrogen and oxygen atoms in total. The van der Waals surface area contributed by atoms with Crippen molar-refractivity contribution >= 4 is 17.7 Å². The maximum atomic E-state index is 13.1. The molecule has 1 saturated heterocycles. The molecule has 0 bridgehead atoms. The van der Waals surface area contributed by atoms with Gasteiger partial charge in [0.2, 0.25) is 0 Å². The number of likely N-dealkylation sites (N-methyl/N-ethyl adjacent to an activating group) is 2. The maximum Gasteiger partial charge on any atom is 0.279 e. The summed E-state index contributed by atoms with van der Waals surface area (Å²) in [4.78, 5) is 45.2. The van der Waals surface area contributed by atoms with Gasteiger partial charge in [0.05, 0.1) is 5.54 Å². The molecule has 1 aromatic rings. The number of nitrogens with two attached hydrogens (primary N) is 1. The number of benzene rings is 1. The van der Waals surface area contributed by atoms with Crippen LogP contribution in [0.4, 0.5) is 0 Å². The Balaban J connectivity index is 1.70. The molecule has 1 aromatic carbocycles. The van der Waals surface area contributed by atoms with Crippen molar-refractivity contribution in [3.63, 3.8) is 0 Å². The third-order valence-electron chi connectivity index (χ3n) is 6.01. The Morgan fingerprint density at radius 3 is 2.47 bits per heavy atom. The summed E-state index contributed by atoms with van der Waals surface area (Å²) in [6.07, 6.45) is 3.64. The maximum absolute atomic E-state index is 13.1. The molecular weight excluding hydrogens is 436 g/mol. The zero-order chi connectivity index (χ0) is 24.8.